The van der Waals surface area contributed by atoms with Gasteiger partial charge in [-0.05, 0) is 23.8 Å². The van der Waals surface area contributed by atoms with Crippen LogP contribution in [0, 0.1) is 0 Å². The number of rotatable bonds is 5. The summed E-state index contributed by atoms with van der Waals surface area (Å²) >= 11 is 0. The van der Waals surface area contributed by atoms with Crippen molar-refractivity contribution in [3.8, 4) is 0 Å². The number of pyridine rings is 1. The van der Waals surface area contributed by atoms with Gasteiger partial charge in [-0.2, -0.15) is 5.10 Å². The summed E-state index contributed by atoms with van der Waals surface area (Å²) in [5.41, 5.74) is 2.71. The van der Waals surface area contributed by atoms with Crippen molar-refractivity contribution < 1.29 is 9.53 Å². The van der Waals surface area contributed by atoms with Gasteiger partial charge < -0.3 is 10.1 Å². The molecule has 0 aliphatic rings. The molecule has 0 saturated carbocycles. The molecule has 1 N–H and O–H groups in total. The third kappa shape index (κ3) is 3.46. The molecule has 0 fully saturated rings. The average molecular weight is 281 g/mol. The lowest BCUT2D eigenvalue weighted by molar-refractivity contribution is -0.121. The SMILES string of the molecule is O=C(COCc1ccccc1)Nc1ccn2nccc2c1. The zero-order valence-corrected chi connectivity index (χ0v) is 11.4. The average Bonchev–Trinajstić information content (AvgIpc) is 2.96. The zero-order valence-electron chi connectivity index (χ0n) is 11.4. The van der Waals surface area contributed by atoms with E-state index in [9.17, 15) is 4.79 Å². The van der Waals surface area contributed by atoms with Gasteiger partial charge in [-0.3, -0.25) is 4.79 Å². The first-order valence-corrected chi connectivity index (χ1v) is 6.66. The molecule has 106 valence electrons. The van der Waals surface area contributed by atoms with Gasteiger partial charge in [-0.25, -0.2) is 4.52 Å². The van der Waals surface area contributed by atoms with Crippen molar-refractivity contribution in [2.75, 3.05) is 11.9 Å². The lowest BCUT2D eigenvalue weighted by Gasteiger charge is -2.07. The second-order valence-corrected chi connectivity index (χ2v) is 4.64. The molecule has 2 heterocycles. The molecular formula is C16H15N3O2. The zero-order chi connectivity index (χ0) is 14.5. The molecule has 0 atom stereocenters. The van der Waals surface area contributed by atoms with Gasteiger partial charge in [0.2, 0.25) is 5.91 Å². The van der Waals surface area contributed by atoms with Crippen LogP contribution in [0.4, 0.5) is 5.69 Å². The minimum Gasteiger partial charge on any atom is -0.367 e. The highest BCUT2D eigenvalue weighted by Gasteiger charge is 2.04. The van der Waals surface area contributed by atoms with Crippen LogP contribution < -0.4 is 5.32 Å². The van der Waals surface area contributed by atoms with E-state index in [0.29, 0.717) is 6.61 Å². The van der Waals surface area contributed by atoms with Crippen LogP contribution in [0.3, 0.4) is 0 Å². The van der Waals surface area contributed by atoms with Crippen LogP contribution in [0.15, 0.2) is 60.9 Å². The number of carbonyl (C=O) groups excluding carboxylic acids is 1. The van der Waals surface area contributed by atoms with E-state index in [0.717, 1.165) is 16.8 Å². The number of carbonyl (C=O) groups is 1. The minimum atomic E-state index is -0.171. The van der Waals surface area contributed by atoms with Crippen LogP contribution >= 0.6 is 0 Å². The van der Waals surface area contributed by atoms with Gasteiger partial charge in [0.15, 0.2) is 0 Å². The number of benzene rings is 1. The van der Waals surface area contributed by atoms with E-state index in [-0.39, 0.29) is 12.5 Å². The van der Waals surface area contributed by atoms with Crippen LogP contribution in [0.25, 0.3) is 5.52 Å². The molecule has 1 aromatic carbocycles. The van der Waals surface area contributed by atoms with Crippen molar-refractivity contribution in [1.82, 2.24) is 9.61 Å². The second kappa shape index (κ2) is 6.19. The van der Waals surface area contributed by atoms with Crippen molar-refractivity contribution >= 4 is 17.1 Å². The number of hydrogen-bond donors (Lipinski definition) is 1. The van der Waals surface area contributed by atoms with Crippen LogP contribution in [0.1, 0.15) is 5.56 Å². The van der Waals surface area contributed by atoms with Gasteiger partial charge >= 0.3 is 0 Å². The van der Waals surface area contributed by atoms with Gasteiger partial charge in [0.1, 0.15) is 6.61 Å². The number of nitrogens with one attached hydrogen (secondary N) is 1. The molecule has 0 bridgehead atoms. The van der Waals surface area contributed by atoms with E-state index in [4.69, 9.17) is 4.74 Å². The van der Waals surface area contributed by atoms with Gasteiger partial charge in [-0.15, -0.1) is 0 Å². The molecule has 21 heavy (non-hydrogen) atoms. The van der Waals surface area contributed by atoms with E-state index in [1.165, 1.54) is 0 Å². The van der Waals surface area contributed by atoms with Gasteiger partial charge in [0, 0.05) is 18.1 Å². The predicted octanol–water partition coefficient (Wildman–Crippen LogP) is 2.49. The number of nitrogens with zero attached hydrogens (tertiary/aromatic N) is 2. The van der Waals surface area contributed by atoms with Crippen molar-refractivity contribution in [1.29, 1.82) is 0 Å². The maximum absolute atomic E-state index is 11.8. The molecule has 5 nitrogen and oxygen atoms in total. The fourth-order valence-electron chi connectivity index (χ4n) is 2.03. The topological polar surface area (TPSA) is 55.6 Å². The van der Waals surface area contributed by atoms with Gasteiger partial charge in [-0.1, -0.05) is 30.3 Å². The Morgan fingerprint density at radius 2 is 2.05 bits per heavy atom. The van der Waals surface area contributed by atoms with E-state index in [1.54, 1.807) is 23.0 Å². The van der Waals surface area contributed by atoms with E-state index in [1.807, 2.05) is 42.5 Å². The molecule has 3 rings (SSSR count). The lowest BCUT2D eigenvalue weighted by Crippen LogP contribution is -2.18. The van der Waals surface area contributed by atoms with Crippen molar-refractivity contribution in [2.45, 2.75) is 6.61 Å². The van der Waals surface area contributed by atoms with E-state index >= 15 is 0 Å². The first kappa shape index (κ1) is 13.3. The van der Waals surface area contributed by atoms with Crippen LogP contribution in [-0.4, -0.2) is 22.1 Å². The molecule has 0 unspecified atom stereocenters. The Kier molecular flexibility index (Phi) is 3.93. The molecule has 2 aromatic heterocycles. The number of fused-ring (bicyclic) bond motifs is 1. The van der Waals surface area contributed by atoms with Crippen molar-refractivity contribution in [2.24, 2.45) is 0 Å². The molecule has 0 aliphatic heterocycles. The quantitative estimate of drug-likeness (QED) is 0.781. The monoisotopic (exact) mass is 281 g/mol. The van der Waals surface area contributed by atoms with E-state index < -0.39 is 0 Å². The molecule has 0 radical (unpaired) electrons. The molecule has 3 aromatic rings. The maximum Gasteiger partial charge on any atom is 0.250 e. The summed E-state index contributed by atoms with van der Waals surface area (Å²) in [6.45, 7) is 0.454. The molecule has 0 saturated heterocycles. The van der Waals surface area contributed by atoms with Crippen LogP contribution in [0.5, 0.6) is 0 Å². The summed E-state index contributed by atoms with van der Waals surface area (Å²) in [5.74, 6) is -0.171. The van der Waals surface area contributed by atoms with Gasteiger partial charge in [0.05, 0.1) is 12.1 Å². The third-order valence-corrected chi connectivity index (χ3v) is 3.03. The fourth-order valence-corrected chi connectivity index (χ4v) is 2.03. The van der Waals surface area contributed by atoms with Crippen molar-refractivity contribution in [3.63, 3.8) is 0 Å². The summed E-state index contributed by atoms with van der Waals surface area (Å²) in [4.78, 5) is 11.8. The molecule has 0 aliphatic carbocycles. The van der Waals surface area contributed by atoms with Crippen LogP contribution in [0.2, 0.25) is 0 Å². The highest BCUT2D eigenvalue weighted by molar-refractivity contribution is 5.92. The molecule has 0 spiro atoms. The number of hydrogen-bond acceptors (Lipinski definition) is 3. The minimum absolute atomic E-state index is 0.0271. The Hall–Kier alpha value is -2.66. The standard InChI is InChI=1S/C16H15N3O2/c20-16(12-21-11-13-4-2-1-3-5-13)18-14-7-9-19-15(10-14)6-8-17-19/h1-10H,11-12H2,(H,18,20). The van der Waals surface area contributed by atoms with Crippen LogP contribution in [-0.2, 0) is 16.1 Å². The summed E-state index contributed by atoms with van der Waals surface area (Å²) in [6, 6.07) is 15.3. The lowest BCUT2D eigenvalue weighted by atomic mass is 10.2. The Labute approximate surface area is 122 Å². The Morgan fingerprint density at radius 1 is 1.19 bits per heavy atom. The number of anilines is 1. The van der Waals surface area contributed by atoms with E-state index in [2.05, 4.69) is 10.4 Å². The number of ether oxygens (including phenoxy) is 1. The number of aromatic nitrogens is 2. The molecule has 1 amide bonds. The molecular weight excluding hydrogens is 266 g/mol. The normalized spacial score (nSPS) is 10.7. The summed E-state index contributed by atoms with van der Waals surface area (Å²) in [5, 5.41) is 6.91. The highest BCUT2D eigenvalue weighted by Crippen LogP contribution is 2.11. The third-order valence-electron chi connectivity index (χ3n) is 3.03. The smallest absolute Gasteiger partial charge is 0.250 e. The highest BCUT2D eigenvalue weighted by atomic mass is 16.5. The largest absolute Gasteiger partial charge is 0.367 e. The maximum atomic E-state index is 11.8. The van der Waals surface area contributed by atoms with Gasteiger partial charge in [0.25, 0.3) is 0 Å². The second-order valence-electron chi connectivity index (χ2n) is 4.64. The Bertz CT molecular complexity index is 737. The molecule has 5 heteroatoms. The van der Waals surface area contributed by atoms with Crippen molar-refractivity contribution in [3.05, 3.63) is 66.5 Å². The predicted molar refractivity (Wildman–Crippen MR) is 79.9 cm³/mol. The number of amides is 1. The first-order valence-electron chi connectivity index (χ1n) is 6.66. The summed E-state index contributed by atoms with van der Waals surface area (Å²) in [7, 11) is 0. The Morgan fingerprint density at radius 3 is 2.90 bits per heavy atom. The summed E-state index contributed by atoms with van der Waals surface area (Å²) in [6.07, 6.45) is 3.51. The summed E-state index contributed by atoms with van der Waals surface area (Å²) < 4.78 is 7.13. The fraction of sp³-hybridized carbons (Fsp3) is 0.125. The Balaban J connectivity index is 1.51. The first-order chi connectivity index (χ1) is 10.3.